The summed E-state index contributed by atoms with van der Waals surface area (Å²) >= 11 is 2.01. The third-order valence-corrected chi connectivity index (χ3v) is 6.92. The standard InChI is InChI=1S/C22H26O3S/c1-23-19-11-10-18(14-20(19)24-15-17-8-4-2-5-9-17)21-16-25-22(26-21)12-6-3-7-13-22/h2,4-5,8-11,14,21H,3,6-7,12-13,15-16H2,1H3. The van der Waals surface area contributed by atoms with E-state index in [1.807, 2.05) is 36.0 Å². The van der Waals surface area contributed by atoms with Gasteiger partial charge >= 0.3 is 0 Å². The molecule has 0 aromatic heterocycles. The van der Waals surface area contributed by atoms with Gasteiger partial charge in [0.15, 0.2) is 11.5 Å². The minimum absolute atomic E-state index is 0.0495. The molecule has 1 spiro atoms. The molecular formula is C22H26O3S. The Labute approximate surface area is 160 Å². The quantitative estimate of drug-likeness (QED) is 0.671. The van der Waals surface area contributed by atoms with Crippen molar-refractivity contribution >= 4 is 11.8 Å². The summed E-state index contributed by atoms with van der Waals surface area (Å²) in [6.45, 7) is 1.33. The highest BCUT2D eigenvalue weighted by Crippen LogP contribution is 2.53. The molecule has 138 valence electrons. The van der Waals surface area contributed by atoms with Crippen LogP contribution in [0.15, 0.2) is 48.5 Å². The van der Waals surface area contributed by atoms with Crippen molar-refractivity contribution in [3.63, 3.8) is 0 Å². The second-order valence-electron chi connectivity index (χ2n) is 7.07. The van der Waals surface area contributed by atoms with E-state index in [0.717, 1.165) is 23.7 Å². The Kier molecular flexibility index (Phi) is 5.41. The van der Waals surface area contributed by atoms with Crippen LogP contribution in [0.1, 0.15) is 48.5 Å². The summed E-state index contributed by atoms with van der Waals surface area (Å²) < 4.78 is 17.8. The summed E-state index contributed by atoms with van der Waals surface area (Å²) in [7, 11) is 1.69. The molecule has 4 rings (SSSR count). The molecule has 0 bridgehead atoms. The first-order valence-corrected chi connectivity index (χ1v) is 10.3. The van der Waals surface area contributed by atoms with Crippen LogP contribution in [0.5, 0.6) is 11.5 Å². The minimum Gasteiger partial charge on any atom is -0.493 e. The van der Waals surface area contributed by atoms with E-state index in [0.29, 0.717) is 11.9 Å². The highest BCUT2D eigenvalue weighted by molar-refractivity contribution is 8.01. The number of rotatable bonds is 5. The van der Waals surface area contributed by atoms with Crippen molar-refractivity contribution in [2.45, 2.75) is 48.9 Å². The first-order chi connectivity index (χ1) is 12.8. The van der Waals surface area contributed by atoms with Crippen LogP contribution in [0.2, 0.25) is 0 Å². The molecule has 2 fully saturated rings. The maximum absolute atomic E-state index is 6.27. The van der Waals surface area contributed by atoms with Crippen LogP contribution in [0.3, 0.4) is 0 Å². The van der Waals surface area contributed by atoms with Crippen LogP contribution in [-0.2, 0) is 11.3 Å². The number of thioether (sulfide) groups is 1. The van der Waals surface area contributed by atoms with E-state index in [1.165, 1.54) is 37.7 Å². The zero-order valence-electron chi connectivity index (χ0n) is 15.3. The van der Waals surface area contributed by atoms with Gasteiger partial charge in [0, 0.05) is 0 Å². The van der Waals surface area contributed by atoms with Gasteiger partial charge in [-0.25, -0.2) is 0 Å². The Morgan fingerprint density at radius 2 is 1.85 bits per heavy atom. The van der Waals surface area contributed by atoms with Crippen LogP contribution in [0.4, 0.5) is 0 Å². The van der Waals surface area contributed by atoms with Crippen molar-refractivity contribution in [1.82, 2.24) is 0 Å². The van der Waals surface area contributed by atoms with Crippen LogP contribution < -0.4 is 9.47 Å². The Hall–Kier alpha value is -1.65. The summed E-state index contributed by atoms with van der Waals surface area (Å²) in [5.41, 5.74) is 2.42. The summed E-state index contributed by atoms with van der Waals surface area (Å²) in [4.78, 5) is 0.0495. The van der Waals surface area contributed by atoms with Gasteiger partial charge < -0.3 is 14.2 Å². The molecule has 1 aliphatic carbocycles. The lowest BCUT2D eigenvalue weighted by molar-refractivity contribution is 0.0188. The number of benzene rings is 2. The summed E-state index contributed by atoms with van der Waals surface area (Å²) in [5, 5.41) is 0.373. The predicted molar refractivity (Wildman–Crippen MR) is 106 cm³/mol. The largest absolute Gasteiger partial charge is 0.493 e. The van der Waals surface area contributed by atoms with Gasteiger partial charge in [0.1, 0.15) is 11.5 Å². The van der Waals surface area contributed by atoms with E-state index >= 15 is 0 Å². The molecule has 0 N–H and O–H groups in total. The normalized spacial score (nSPS) is 21.7. The van der Waals surface area contributed by atoms with Crippen molar-refractivity contribution in [2.75, 3.05) is 13.7 Å². The van der Waals surface area contributed by atoms with Crippen LogP contribution in [-0.4, -0.2) is 18.6 Å². The number of ether oxygens (including phenoxy) is 3. The highest BCUT2D eigenvalue weighted by Gasteiger charge is 2.42. The lowest BCUT2D eigenvalue weighted by atomic mass is 9.97. The van der Waals surface area contributed by atoms with Gasteiger partial charge in [0.2, 0.25) is 0 Å². The highest BCUT2D eigenvalue weighted by atomic mass is 32.2. The smallest absolute Gasteiger partial charge is 0.161 e. The predicted octanol–water partition coefficient (Wildman–Crippen LogP) is 5.74. The third-order valence-electron chi connectivity index (χ3n) is 5.27. The van der Waals surface area contributed by atoms with E-state index in [-0.39, 0.29) is 4.93 Å². The monoisotopic (exact) mass is 370 g/mol. The zero-order chi connectivity index (χ0) is 17.8. The Morgan fingerprint density at radius 3 is 2.62 bits per heavy atom. The average Bonchev–Trinajstić information content (AvgIpc) is 3.10. The van der Waals surface area contributed by atoms with E-state index in [1.54, 1.807) is 7.11 Å². The van der Waals surface area contributed by atoms with Gasteiger partial charge in [-0.1, -0.05) is 42.8 Å². The van der Waals surface area contributed by atoms with Gasteiger partial charge in [0.25, 0.3) is 0 Å². The molecule has 1 saturated carbocycles. The van der Waals surface area contributed by atoms with Crippen LogP contribution in [0.25, 0.3) is 0 Å². The molecule has 0 radical (unpaired) electrons. The molecule has 1 aliphatic heterocycles. The fourth-order valence-corrected chi connectivity index (χ4v) is 5.41. The van der Waals surface area contributed by atoms with Crippen molar-refractivity contribution in [3.05, 3.63) is 59.7 Å². The van der Waals surface area contributed by atoms with Crippen molar-refractivity contribution in [2.24, 2.45) is 0 Å². The zero-order valence-corrected chi connectivity index (χ0v) is 16.1. The second-order valence-corrected chi connectivity index (χ2v) is 8.62. The van der Waals surface area contributed by atoms with E-state index in [9.17, 15) is 0 Å². The van der Waals surface area contributed by atoms with Gasteiger partial charge in [-0.15, -0.1) is 11.8 Å². The first kappa shape index (κ1) is 17.7. The van der Waals surface area contributed by atoms with E-state index in [4.69, 9.17) is 14.2 Å². The molecule has 1 saturated heterocycles. The van der Waals surface area contributed by atoms with Gasteiger partial charge in [-0.05, 0) is 48.9 Å². The van der Waals surface area contributed by atoms with Gasteiger partial charge in [0.05, 0.1) is 19.0 Å². The van der Waals surface area contributed by atoms with Gasteiger partial charge in [-0.2, -0.15) is 0 Å². The maximum atomic E-state index is 6.27. The van der Waals surface area contributed by atoms with Crippen molar-refractivity contribution < 1.29 is 14.2 Å². The molecule has 3 nitrogen and oxygen atoms in total. The summed E-state index contributed by atoms with van der Waals surface area (Å²) in [6, 6.07) is 16.5. The Morgan fingerprint density at radius 1 is 1.04 bits per heavy atom. The lowest BCUT2D eigenvalue weighted by Crippen LogP contribution is -2.26. The molecular weight excluding hydrogens is 344 g/mol. The minimum atomic E-state index is 0.0495. The molecule has 2 aromatic rings. The van der Waals surface area contributed by atoms with Gasteiger partial charge in [-0.3, -0.25) is 0 Å². The summed E-state index contributed by atoms with van der Waals surface area (Å²) in [6.07, 6.45) is 6.28. The molecule has 4 heteroatoms. The first-order valence-electron chi connectivity index (χ1n) is 9.44. The molecule has 2 aliphatic rings. The molecule has 26 heavy (non-hydrogen) atoms. The van der Waals surface area contributed by atoms with E-state index in [2.05, 4.69) is 24.3 Å². The van der Waals surface area contributed by atoms with Crippen LogP contribution >= 0.6 is 11.8 Å². The van der Waals surface area contributed by atoms with Crippen LogP contribution in [0, 0.1) is 0 Å². The lowest BCUT2D eigenvalue weighted by Gasteiger charge is -2.31. The SMILES string of the molecule is COc1ccc(C2COC3(CCCCC3)S2)cc1OCc1ccccc1. The molecule has 1 atom stereocenters. The Balaban J connectivity index is 1.49. The molecule has 1 heterocycles. The number of hydrogen-bond acceptors (Lipinski definition) is 4. The van der Waals surface area contributed by atoms with E-state index < -0.39 is 0 Å². The Bertz CT molecular complexity index is 725. The maximum Gasteiger partial charge on any atom is 0.161 e. The second kappa shape index (κ2) is 7.93. The topological polar surface area (TPSA) is 27.7 Å². The molecule has 2 aromatic carbocycles. The number of methoxy groups -OCH3 is 1. The molecule has 0 amide bonds. The fourth-order valence-electron chi connectivity index (χ4n) is 3.81. The van der Waals surface area contributed by atoms with Crippen molar-refractivity contribution in [3.8, 4) is 11.5 Å². The number of hydrogen-bond donors (Lipinski definition) is 0. The fraction of sp³-hybridized carbons (Fsp3) is 0.455. The van der Waals surface area contributed by atoms with Crippen molar-refractivity contribution in [1.29, 1.82) is 0 Å². The third kappa shape index (κ3) is 3.86. The average molecular weight is 371 g/mol. The molecule has 1 unspecified atom stereocenters. The summed E-state index contributed by atoms with van der Waals surface area (Å²) in [5.74, 6) is 1.58.